The van der Waals surface area contributed by atoms with Gasteiger partial charge in [0, 0.05) is 13.1 Å². The van der Waals surface area contributed by atoms with Crippen LogP contribution in [0.5, 0.6) is 0 Å². The van der Waals surface area contributed by atoms with E-state index in [4.69, 9.17) is 11.6 Å². The van der Waals surface area contributed by atoms with E-state index in [1.54, 1.807) is 12.1 Å². The van der Waals surface area contributed by atoms with Crippen molar-refractivity contribution in [1.29, 1.82) is 0 Å². The molecule has 5 heteroatoms. The topological polar surface area (TPSA) is 60.8 Å². The van der Waals surface area contributed by atoms with Crippen molar-refractivity contribution in [2.45, 2.75) is 19.1 Å². The SMILES string of the molecule is Cc1ccc(C(=O)N2CC(O)C(O)C2)c(Cl)c1. The molecule has 0 radical (unpaired) electrons. The first kappa shape index (κ1) is 12.4. The molecule has 1 fully saturated rings. The van der Waals surface area contributed by atoms with Crippen molar-refractivity contribution in [3.8, 4) is 0 Å². The van der Waals surface area contributed by atoms with Crippen molar-refractivity contribution in [2.24, 2.45) is 0 Å². The molecule has 0 saturated carbocycles. The average Bonchev–Trinajstić information content (AvgIpc) is 2.58. The molecule has 0 bridgehead atoms. The molecule has 1 aliphatic rings. The largest absolute Gasteiger partial charge is 0.388 e. The number of aliphatic hydroxyl groups is 2. The third kappa shape index (κ3) is 2.44. The number of halogens is 1. The lowest BCUT2D eigenvalue weighted by molar-refractivity contribution is 0.0572. The molecule has 1 aromatic carbocycles. The number of rotatable bonds is 1. The Hall–Kier alpha value is -1.10. The molecule has 1 amide bonds. The molecule has 1 saturated heterocycles. The number of likely N-dealkylation sites (tertiary alicyclic amines) is 1. The Morgan fingerprint density at radius 2 is 1.94 bits per heavy atom. The van der Waals surface area contributed by atoms with Crippen molar-refractivity contribution in [3.63, 3.8) is 0 Å². The van der Waals surface area contributed by atoms with Gasteiger partial charge in [-0.25, -0.2) is 0 Å². The third-order valence-corrected chi connectivity index (χ3v) is 3.21. The Labute approximate surface area is 104 Å². The van der Waals surface area contributed by atoms with Gasteiger partial charge in [-0.2, -0.15) is 0 Å². The van der Waals surface area contributed by atoms with Gasteiger partial charge >= 0.3 is 0 Å². The maximum absolute atomic E-state index is 12.1. The molecule has 1 aromatic rings. The highest BCUT2D eigenvalue weighted by Crippen LogP contribution is 2.21. The number of aryl methyl sites for hydroxylation is 1. The van der Waals surface area contributed by atoms with E-state index < -0.39 is 12.2 Å². The van der Waals surface area contributed by atoms with Gasteiger partial charge in [-0.15, -0.1) is 0 Å². The van der Waals surface area contributed by atoms with Crippen LogP contribution in [-0.4, -0.2) is 46.3 Å². The fourth-order valence-corrected chi connectivity index (χ4v) is 2.22. The lowest BCUT2D eigenvalue weighted by Crippen LogP contribution is -2.30. The van der Waals surface area contributed by atoms with Crippen LogP contribution in [0.2, 0.25) is 5.02 Å². The first-order valence-corrected chi connectivity index (χ1v) is 5.78. The second kappa shape index (κ2) is 4.64. The molecular formula is C12H14ClNO3. The third-order valence-electron chi connectivity index (χ3n) is 2.90. The van der Waals surface area contributed by atoms with E-state index in [1.165, 1.54) is 4.90 Å². The van der Waals surface area contributed by atoms with Crippen LogP contribution in [0.3, 0.4) is 0 Å². The lowest BCUT2D eigenvalue weighted by Gasteiger charge is -2.16. The minimum Gasteiger partial charge on any atom is -0.388 e. The first-order chi connectivity index (χ1) is 7.99. The average molecular weight is 256 g/mol. The predicted octanol–water partition coefficient (Wildman–Crippen LogP) is 0.826. The highest BCUT2D eigenvalue weighted by Gasteiger charge is 2.33. The lowest BCUT2D eigenvalue weighted by atomic mass is 10.1. The highest BCUT2D eigenvalue weighted by molar-refractivity contribution is 6.33. The molecule has 92 valence electrons. The number of carbonyl (C=O) groups excluding carboxylic acids is 1. The summed E-state index contributed by atoms with van der Waals surface area (Å²) in [6, 6.07) is 5.19. The van der Waals surface area contributed by atoms with Crippen LogP contribution >= 0.6 is 11.6 Å². The zero-order chi connectivity index (χ0) is 12.6. The van der Waals surface area contributed by atoms with E-state index in [0.29, 0.717) is 10.6 Å². The monoisotopic (exact) mass is 255 g/mol. The van der Waals surface area contributed by atoms with E-state index in [2.05, 4.69) is 0 Å². The van der Waals surface area contributed by atoms with Crippen LogP contribution in [0, 0.1) is 6.92 Å². The number of amides is 1. The first-order valence-electron chi connectivity index (χ1n) is 5.40. The summed E-state index contributed by atoms with van der Waals surface area (Å²) in [5.41, 5.74) is 1.38. The zero-order valence-electron chi connectivity index (χ0n) is 9.43. The van der Waals surface area contributed by atoms with Gasteiger partial charge < -0.3 is 15.1 Å². The van der Waals surface area contributed by atoms with Gasteiger partial charge in [0.05, 0.1) is 22.8 Å². The van der Waals surface area contributed by atoms with Gasteiger partial charge in [0.2, 0.25) is 0 Å². The second-order valence-electron chi connectivity index (χ2n) is 4.33. The second-order valence-corrected chi connectivity index (χ2v) is 4.74. The van der Waals surface area contributed by atoms with Crippen molar-refractivity contribution in [2.75, 3.05) is 13.1 Å². The Bertz CT molecular complexity index is 439. The summed E-state index contributed by atoms with van der Waals surface area (Å²) in [6.45, 7) is 2.18. The standard InChI is InChI=1S/C12H14ClNO3/c1-7-2-3-8(9(13)4-7)12(17)14-5-10(15)11(16)6-14/h2-4,10-11,15-16H,5-6H2,1H3. The Balaban J connectivity index is 2.20. The van der Waals surface area contributed by atoms with E-state index in [0.717, 1.165) is 5.56 Å². The van der Waals surface area contributed by atoms with Crippen LogP contribution in [0.4, 0.5) is 0 Å². The molecule has 0 aliphatic carbocycles. The summed E-state index contributed by atoms with van der Waals surface area (Å²) in [7, 11) is 0. The summed E-state index contributed by atoms with van der Waals surface area (Å²) < 4.78 is 0. The number of hydrogen-bond donors (Lipinski definition) is 2. The predicted molar refractivity (Wildman–Crippen MR) is 64.1 cm³/mol. The number of carbonyl (C=O) groups is 1. The van der Waals surface area contributed by atoms with Crippen molar-refractivity contribution >= 4 is 17.5 Å². The van der Waals surface area contributed by atoms with Gasteiger partial charge in [0.25, 0.3) is 5.91 Å². The molecule has 0 spiro atoms. The number of nitrogens with zero attached hydrogens (tertiary/aromatic N) is 1. The minimum absolute atomic E-state index is 0.143. The number of aliphatic hydroxyl groups excluding tert-OH is 2. The molecule has 2 atom stereocenters. The maximum Gasteiger partial charge on any atom is 0.255 e. The molecule has 2 unspecified atom stereocenters. The molecule has 17 heavy (non-hydrogen) atoms. The van der Waals surface area contributed by atoms with Crippen molar-refractivity contribution in [1.82, 2.24) is 4.90 Å². The van der Waals surface area contributed by atoms with E-state index in [1.807, 2.05) is 13.0 Å². The van der Waals surface area contributed by atoms with Crippen LogP contribution in [0.15, 0.2) is 18.2 Å². The molecule has 2 N–H and O–H groups in total. The fraction of sp³-hybridized carbons (Fsp3) is 0.417. The van der Waals surface area contributed by atoms with Gasteiger partial charge in [-0.3, -0.25) is 4.79 Å². The quantitative estimate of drug-likeness (QED) is 0.781. The van der Waals surface area contributed by atoms with E-state index in [9.17, 15) is 15.0 Å². The number of β-amino-alcohol motifs (C(OH)–C–C–N with tert-alkyl or cyclic N) is 2. The maximum atomic E-state index is 12.1. The Morgan fingerprint density at radius 3 is 2.47 bits per heavy atom. The van der Waals surface area contributed by atoms with E-state index in [-0.39, 0.29) is 19.0 Å². The van der Waals surface area contributed by atoms with Crippen molar-refractivity contribution < 1.29 is 15.0 Å². The molecule has 1 aliphatic heterocycles. The summed E-state index contributed by atoms with van der Waals surface area (Å²) in [5.74, 6) is -0.259. The molecule has 2 rings (SSSR count). The Morgan fingerprint density at radius 1 is 1.35 bits per heavy atom. The summed E-state index contributed by atoms with van der Waals surface area (Å²) in [4.78, 5) is 13.5. The van der Waals surface area contributed by atoms with Crippen molar-refractivity contribution in [3.05, 3.63) is 34.3 Å². The summed E-state index contributed by atoms with van der Waals surface area (Å²) in [6.07, 6.45) is -1.74. The highest BCUT2D eigenvalue weighted by atomic mass is 35.5. The van der Waals surface area contributed by atoms with Gasteiger partial charge in [0.1, 0.15) is 0 Å². The normalized spacial score (nSPS) is 24.1. The minimum atomic E-state index is -0.872. The smallest absolute Gasteiger partial charge is 0.255 e. The summed E-state index contributed by atoms with van der Waals surface area (Å²) in [5, 5.41) is 19.2. The Kier molecular flexibility index (Phi) is 3.38. The van der Waals surface area contributed by atoms with Gasteiger partial charge in [0.15, 0.2) is 0 Å². The molecule has 1 heterocycles. The molecular weight excluding hydrogens is 242 g/mol. The number of benzene rings is 1. The van der Waals surface area contributed by atoms with Crippen LogP contribution in [0.25, 0.3) is 0 Å². The fourth-order valence-electron chi connectivity index (χ4n) is 1.90. The van der Waals surface area contributed by atoms with Gasteiger partial charge in [-0.1, -0.05) is 17.7 Å². The van der Waals surface area contributed by atoms with E-state index >= 15 is 0 Å². The van der Waals surface area contributed by atoms with Crippen LogP contribution < -0.4 is 0 Å². The zero-order valence-corrected chi connectivity index (χ0v) is 10.2. The molecule has 4 nitrogen and oxygen atoms in total. The van der Waals surface area contributed by atoms with Crippen LogP contribution in [-0.2, 0) is 0 Å². The summed E-state index contributed by atoms with van der Waals surface area (Å²) >= 11 is 6.00. The van der Waals surface area contributed by atoms with Gasteiger partial charge in [-0.05, 0) is 24.6 Å². The van der Waals surface area contributed by atoms with Crippen LogP contribution in [0.1, 0.15) is 15.9 Å². The number of hydrogen-bond acceptors (Lipinski definition) is 3. The molecule has 0 aromatic heterocycles.